The molecule has 0 amide bonds. The minimum absolute atomic E-state index is 0.0570. The van der Waals surface area contributed by atoms with E-state index in [1.165, 1.54) is 17.7 Å². The zero-order valence-electron chi connectivity index (χ0n) is 17.7. The van der Waals surface area contributed by atoms with Crippen molar-refractivity contribution in [1.82, 2.24) is 0 Å². The Labute approximate surface area is 168 Å². The van der Waals surface area contributed by atoms with Gasteiger partial charge in [0.2, 0.25) is 0 Å². The Morgan fingerprint density at radius 3 is 2.07 bits per heavy atom. The molecule has 0 bridgehead atoms. The molecule has 28 heavy (non-hydrogen) atoms. The largest absolute Gasteiger partial charge is 0.416 e. The van der Waals surface area contributed by atoms with Crippen molar-refractivity contribution in [2.24, 2.45) is 11.8 Å². The summed E-state index contributed by atoms with van der Waals surface area (Å²) in [6.07, 6.45) is -1.06. The molecule has 0 aliphatic carbocycles. The zero-order chi connectivity index (χ0) is 20.9. The summed E-state index contributed by atoms with van der Waals surface area (Å²) in [6.45, 7) is 10.7. The summed E-state index contributed by atoms with van der Waals surface area (Å²) >= 11 is 0. The first-order valence-electron chi connectivity index (χ1n) is 10.4. The normalized spacial score (nSPS) is 16.4. The molecule has 2 aromatic carbocycles. The van der Waals surface area contributed by atoms with Crippen LogP contribution in [-0.2, 0) is 6.18 Å². The van der Waals surface area contributed by atoms with Crippen molar-refractivity contribution in [1.29, 1.82) is 0 Å². The molecule has 0 aliphatic rings. The lowest BCUT2D eigenvalue weighted by atomic mass is 9.72. The summed E-state index contributed by atoms with van der Waals surface area (Å²) in [7, 11) is 0. The van der Waals surface area contributed by atoms with Gasteiger partial charge in [0.05, 0.1) is 5.56 Å². The van der Waals surface area contributed by atoms with Gasteiger partial charge < -0.3 is 0 Å². The topological polar surface area (TPSA) is 0 Å². The zero-order valence-corrected chi connectivity index (χ0v) is 17.7. The van der Waals surface area contributed by atoms with E-state index in [9.17, 15) is 13.2 Å². The summed E-state index contributed by atoms with van der Waals surface area (Å²) in [5, 5.41) is 0. The van der Waals surface area contributed by atoms with Crippen molar-refractivity contribution in [3.63, 3.8) is 0 Å². The minimum atomic E-state index is -4.31. The molecular weight excluding hydrogens is 357 g/mol. The molecule has 4 atom stereocenters. The fourth-order valence-corrected chi connectivity index (χ4v) is 4.16. The fourth-order valence-electron chi connectivity index (χ4n) is 4.16. The van der Waals surface area contributed by atoms with Crippen molar-refractivity contribution in [2.45, 2.75) is 71.9 Å². The summed E-state index contributed by atoms with van der Waals surface area (Å²) < 4.78 is 39.9. The van der Waals surface area contributed by atoms with Crippen LogP contribution in [0.25, 0.3) is 0 Å². The first-order chi connectivity index (χ1) is 13.1. The van der Waals surface area contributed by atoms with E-state index in [4.69, 9.17) is 0 Å². The van der Waals surface area contributed by atoms with Crippen LogP contribution in [0, 0.1) is 18.8 Å². The average Bonchev–Trinajstić information content (AvgIpc) is 2.67. The highest BCUT2D eigenvalue weighted by atomic mass is 19.4. The van der Waals surface area contributed by atoms with E-state index in [-0.39, 0.29) is 11.8 Å². The smallest absolute Gasteiger partial charge is 0.166 e. The van der Waals surface area contributed by atoms with Crippen molar-refractivity contribution in [3.05, 3.63) is 70.8 Å². The first-order valence-corrected chi connectivity index (χ1v) is 10.4. The summed E-state index contributed by atoms with van der Waals surface area (Å²) in [4.78, 5) is 0. The standard InChI is InChI=1S/C25H33F3/c1-6-17(2)12-15-23(19(4)21-10-8-7-9-11-21)20(5)24-16-22(25(26,27)28)14-13-18(24)3/h7-11,13-14,16-17,19-20,23H,6,12,15H2,1-5H3/t17?,19-,20?,23?/m0/s1. The Bertz CT molecular complexity index is 733. The summed E-state index contributed by atoms with van der Waals surface area (Å²) in [6, 6.07) is 14.5. The molecule has 0 saturated carbocycles. The van der Waals surface area contributed by atoms with Crippen LogP contribution in [0.5, 0.6) is 0 Å². The Kier molecular flexibility index (Phi) is 7.74. The first kappa shape index (κ1) is 22.5. The van der Waals surface area contributed by atoms with Gasteiger partial charge in [-0.2, -0.15) is 13.2 Å². The molecule has 0 aliphatic heterocycles. The van der Waals surface area contributed by atoms with Crippen LogP contribution >= 0.6 is 0 Å². The highest BCUT2D eigenvalue weighted by Crippen LogP contribution is 2.42. The fraction of sp³-hybridized carbons (Fsp3) is 0.520. The maximum absolute atomic E-state index is 13.3. The average molecular weight is 391 g/mol. The van der Waals surface area contributed by atoms with Gasteiger partial charge in [-0.3, -0.25) is 0 Å². The molecule has 0 heterocycles. The number of alkyl halides is 3. The van der Waals surface area contributed by atoms with Crippen LogP contribution in [0.3, 0.4) is 0 Å². The Morgan fingerprint density at radius 1 is 0.857 bits per heavy atom. The molecule has 2 aromatic rings. The van der Waals surface area contributed by atoms with E-state index < -0.39 is 11.7 Å². The van der Waals surface area contributed by atoms with Gasteiger partial charge in [-0.1, -0.05) is 76.9 Å². The molecule has 0 saturated heterocycles. The lowest BCUT2D eigenvalue weighted by molar-refractivity contribution is -0.137. The number of aryl methyl sites for hydroxylation is 1. The predicted octanol–water partition coefficient (Wildman–Crippen LogP) is 8.36. The number of hydrogen-bond donors (Lipinski definition) is 0. The third kappa shape index (κ3) is 5.62. The van der Waals surface area contributed by atoms with E-state index in [1.807, 2.05) is 25.1 Å². The van der Waals surface area contributed by atoms with Crippen LogP contribution in [0.15, 0.2) is 48.5 Å². The lowest BCUT2D eigenvalue weighted by Gasteiger charge is -2.32. The maximum Gasteiger partial charge on any atom is 0.416 e. The third-order valence-corrected chi connectivity index (χ3v) is 6.40. The van der Waals surface area contributed by atoms with Crippen LogP contribution in [0.1, 0.15) is 81.0 Å². The molecule has 0 fully saturated rings. The number of rotatable bonds is 8. The van der Waals surface area contributed by atoms with Crippen molar-refractivity contribution >= 4 is 0 Å². The second-order valence-corrected chi connectivity index (χ2v) is 8.31. The molecule has 0 spiro atoms. The minimum Gasteiger partial charge on any atom is -0.166 e. The second kappa shape index (κ2) is 9.62. The maximum atomic E-state index is 13.3. The third-order valence-electron chi connectivity index (χ3n) is 6.40. The second-order valence-electron chi connectivity index (χ2n) is 8.31. The molecular formula is C25H33F3. The van der Waals surface area contributed by atoms with E-state index >= 15 is 0 Å². The molecule has 2 rings (SSSR count). The summed E-state index contributed by atoms with van der Waals surface area (Å²) in [5.41, 5.74) is 2.47. The van der Waals surface area contributed by atoms with Gasteiger partial charge in [0.25, 0.3) is 0 Å². The molecule has 0 aromatic heterocycles. The SMILES string of the molecule is CCC(C)CCC(C(C)c1cc(C(F)(F)F)ccc1C)[C@@H](C)c1ccccc1. The van der Waals surface area contributed by atoms with Gasteiger partial charge in [-0.25, -0.2) is 0 Å². The lowest BCUT2D eigenvalue weighted by Crippen LogP contribution is -2.20. The molecule has 0 N–H and O–H groups in total. The number of halogens is 3. The molecule has 3 unspecified atom stereocenters. The van der Waals surface area contributed by atoms with Gasteiger partial charge >= 0.3 is 6.18 Å². The predicted molar refractivity (Wildman–Crippen MR) is 112 cm³/mol. The molecule has 0 radical (unpaired) electrons. The number of hydrogen-bond acceptors (Lipinski definition) is 0. The van der Waals surface area contributed by atoms with Gasteiger partial charge in [-0.05, 0) is 65.8 Å². The van der Waals surface area contributed by atoms with Crippen molar-refractivity contribution < 1.29 is 13.2 Å². The highest BCUT2D eigenvalue weighted by molar-refractivity contribution is 5.36. The van der Waals surface area contributed by atoms with Gasteiger partial charge in [0.1, 0.15) is 0 Å². The van der Waals surface area contributed by atoms with E-state index in [2.05, 4.69) is 39.8 Å². The van der Waals surface area contributed by atoms with E-state index in [0.717, 1.165) is 30.4 Å². The van der Waals surface area contributed by atoms with Crippen LogP contribution in [0.4, 0.5) is 13.2 Å². The highest BCUT2D eigenvalue weighted by Gasteiger charge is 2.33. The Hall–Kier alpha value is -1.77. The Balaban J connectivity index is 2.39. The van der Waals surface area contributed by atoms with Crippen molar-refractivity contribution in [3.8, 4) is 0 Å². The quantitative estimate of drug-likeness (QED) is 0.425. The van der Waals surface area contributed by atoms with Crippen LogP contribution in [-0.4, -0.2) is 0 Å². The summed E-state index contributed by atoms with van der Waals surface area (Å²) in [5.74, 6) is 1.26. The molecule has 0 nitrogen and oxygen atoms in total. The van der Waals surface area contributed by atoms with E-state index in [0.29, 0.717) is 11.8 Å². The van der Waals surface area contributed by atoms with Gasteiger partial charge in [0.15, 0.2) is 0 Å². The molecule has 3 heteroatoms. The van der Waals surface area contributed by atoms with Crippen LogP contribution < -0.4 is 0 Å². The van der Waals surface area contributed by atoms with Gasteiger partial charge in [0, 0.05) is 0 Å². The van der Waals surface area contributed by atoms with Crippen LogP contribution in [0.2, 0.25) is 0 Å². The monoisotopic (exact) mass is 390 g/mol. The van der Waals surface area contributed by atoms with Gasteiger partial charge in [-0.15, -0.1) is 0 Å². The van der Waals surface area contributed by atoms with E-state index in [1.54, 1.807) is 6.07 Å². The number of benzene rings is 2. The van der Waals surface area contributed by atoms with Crippen molar-refractivity contribution in [2.75, 3.05) is 0 Å². The molecule has 154 valence electrons. The Morgan fingerprint density at radius 2 is 1.50 bits per heavy atom.